The fraction of sp³-hybridized carbons (Fsp3) is 1.00. The van der Waals surface area contributed by atoms with Gasteiger partial charge in [-0.1, -0.05) is 69.7 Å². The van der Waals surface area contributed by atoms with Crippen molar-refractivity contribution in [2.45, 2.75) is 89.6 Å². The quantitative estimate of drug-likeness (QED) is 0.139. The Hall–Kier alpha value is 0.0300. The summed E-state index contributed by atoms with van der Waals surface area (Å²) in [4.78, 5) is 4.42. The van der Waals surface area contributed by atoms with Crippen molar-refractivity contribution in [2.75, 3.05) is 20.8 Å². The smallest absolute Gasteiger partial charge is 0.312 e. The molecule has 1 atom stereocenters. The van der Waals surface area contributed by atoms with Gasteiger partial charge in [-0.15, -0.1) is 0 Å². The predicted octanol–water partition coefficient (Wildman–Crippen LogP) is 5.96. The first-order valence-electron chi connectivity index (χ1n) is 9.28. The third kappa shape index (κ3) is 11.6. The highest BCUT2D eigenvalue weighted by Crippen LogP contribution is 2.55. The first-order chi connectivity index (χ1) is 11.6. The van der Waals surface area contributed by atoms with E-state index in [-0.39, 0.29) is 5.66 Å². The van der Waals surface area contributed by atoms with Gasteiger partial charge in [0.15, 0.2) is 0 Å². The van der Waals surface area contributed by atoms with Gasteiger partial charge < -0.3 is 9.05 Å². The van der Waals surface area contributed by atoms with Crippen molar-refractivity contribution in [3.05, 3.63) is 0 Å². The second kappa shape index (κ2) is 16.5. The van der Waals surface area contributed by atoms with Crippen LogP contribution in [0.2, 0.25) is 0 Å². The molecule has 0 radical (unpaired) electrons. The normalized spacial score (nSPS) is 13.3. The van der Waals surface area contributed by atoms with E-state index in [9.17, 15) is 4.57 Å². The van der Waals surface area contributed by atoms with Crippen molar-refractivity contribution in [3.8, 4) is 0 Å². The fourth-order valence-electron chi connectivity index (χ4n) is 2.93. The maximum absolute atomic E-state index is 12.7. The van der Waals surface area contributed by atoms with E-state index in [0.717, 1.165) is 38.5 Å². The van der Waals surface area contributed by atoms with Crippen LogP contribution >= 0.6 is 7.60 Å². The van der Waals surface area contributed by atoms with Crippen LogP contribution in [-0.2, 0) is 23.5 Å². The molecular formula is C17H37O6P. The second-order valence-corrected chi connectivity index (χ2v) is 8.75. The van der Waals surface area contributed by atoms with E-state index in [1.54, 1.807) is 0 Å². The monoisotopic (exact) mass is 368 g/mol. The number of hydrogen-bond donors (Lipinski definition) is 1. The largest absolute Gasteiger partial charge is 0.333 e. The molecule has 0 rings (SSSR count). The number of hydrogen-bond acceptors (Lipinski definition) is 6. The zero-order valence-corrected chi connectivity index (χ0v) is 16.6. The predicted molar refractivity (Wildman–Crippen MR) is 96.2 cm³/mol. The summed E-state index contributed by atoms with van der Waals surface area (Å²) in [7, 11) is -0.0814. The zero-order chi connectivity index (χ0) is 18.1. The van der Waals surface area contributed by atoms with Crippen LogP contribution < -0.4 is 0 Å². The molecule has 0 heterocycles. The lowest BCUT2D eigenvalue weighted by Gasteiger charge is -2.24. The van der Waals surface area contributed by atoms with Crippen molar-refractivity contribution in [1.82, 2.24) is 0 Å². The Kier molecular flexibility index (Phi) is 16.5. The summed E-state index contributed by atoms with van der Waals surface area (Å²) < 4.78 is 23.1. The molecule has 146 valence electrons. The molecule has 0 saturated heterocycles. The molecule has 0 fully saturated rings. The van der Waals surface area contributed by atoms with E-state index in [1.807, 2.05) is 0 Å². The van der Waals surface area contributed by atoms with Crippen molar-refractivity contribution in [3.63, 3.8) is 0 Å². The molecule has 7 heteroatoms. The minimum absolute atomic E-state index is 0.0434. The number of unbranched alkanes of at least 4 members (excludes halogenated alkanes) is 8. The Morgan fingerprint density at radius 1 is 0.833 bits per heavy atom. The molecular weight excluding hydrogens is 331 g/mol. The fourth-order valence-corrected chi connectivity index (χ4v) is 4.67. The minimum Gasteiger partial charge on any atom is -0.312 e. The molecule has 0 aliphatic heterocycles. The molecule has 6 nitrogen and oxygen atoms in total. The lowest BCUT2D eigenvalue weighted by molar-refractivity contribution is -0.490. The summed E-state index contributed by atoms with van der Waals surface area (Å²) >= 11 is 0. The molecule has 0 aromatic carbocycles. The summed E-state index contributed by atoms with van der Waals surface area (Å²) in [5, 5.41) is 11.7. The first-order valence-corrected chi connectivity index (χ1v) is 10.9. The first kappa shape index (κ1) is 24.0. The maximum atomic E-state index is 12.7. The van der Waals surface area contributed by atoms with E-state index < -0.39 is 7.60 Å². The van der Waals surface area contributed by atoms with E-state index in [2.05, 4.69) is 16.8 Å². The van der Waals surface area contributed by atoms with Crippen LogP contribution in [0.5, 0.6) is 0 Å². The summed E-state index contributed by atoms with van der Waals surface area (Å²) in [5.74, 6) is 0. The van der Waals surface area contributed by atoms with Crippen LogP contribution in [0.3, 0.4) is 0 Å². The van der Waals surface area contributed by atoms with Crippen molar-refractivity contribution < 1.29 is 28.8 Å². The molecule has 1 unspecified atom stereocenters. The summed E-state index contributed by atoms with van der Waals surface area (Å²) in [5.41, 5.74) is -0.0434. The van der Waals surface area contributed by atoms with Crippen LogP contribution in [0.15, 0.2) is 0 Å². The average Bonchev–Trinajstić information content (AvgIpc) is 2.61. The van der Waals surface area contributed by atoms with E-state index in [4.69, 9.17) is 14.3 Å². The third-order valence-corrected chi connectivity index (χ3v) is 6.84. The molecule has 0 spiro atoms. The van der Waals surface area contributed by atoms with Gasteiger partial charge in [-0.2, -0.15) is 0 Å². The van der Waals surface area contributed by atoms with Gasteiger partial charge in [0.05, 0.1) is 12.3 Å². The second-order valence-electron chi connectivity index (χ2n) is 6.21. The van der Waals surface area contributed by atoms with Gasteiger partial charge in [0.1, 0.15) is 0 Å². The van der Waals surface area contributed by atoms with Gasteiger partial charge in [-0.3, -0.25) is 4.57 Å². The van der Waals surface area contributed by atoms with Crippen molar-refractivity contribution in [2.24, 2.45) is 0 Å². The molecule has 1 N–H and O–H groups in total. The topological polar surface area (TPSA) is 74.2 Å². The minimum atomic E-state index is -3.01. The summed E-state index contributed by atoms with van der Waals surface area (Å²) in [6.45, 7) is 2.58. The van der Waals surface area contributed by atoms with Crippen molar-refractivity contribution >= 4 is 7.60 Å². The summed E-state index contributed by atoms with van der Waals surface area (Å²) in [6, 6.07) is 0. The highest BCUT2D eigenvalue weighted by molar-refractivity contribution is 7.54. The van der Waals surface area contributed by atoms with Crippen LogP contribution in [-0.4, -0.2) is 31.7 Å². The molecule has 0 aromatic rings. The summed E-state index contributed by atoms with van der Waals surface area (Å²) in [6.07, 6.45) is 13.0. The highest BCUT2D eigenvalue weighted by Gasteiger charge is 2.32. The lowest BCUT2D eigenvalue weighted by atomic mass is 10.0. The standard InChI is InChI=1S/C17H37O6P/c1-4-5-6-7-8-9-11-14-17(24(19,20-2)21-3)15-12-10-13-16-22-23-18/h17-18H,4-16H2,1-3H3. The van der Waals surface area contributed by atoms with Gasteiger partial charge in [0, 0.05) is 14.2 Å². The van der Waals surface area contributed by atoms with Gasteiger partial charge in [0.2, 0.25) is 0 Å². The third-order valence-electron chi connectivity index (χ3n) is 4.41. The highest BCUT2D eigenvalue weighted by atomic mass is 31.2. The molecule has 0 aromatic heterocycles. The molecule has 0 saturated carbocycles. The Labute approximate surface area is 147 Å². The molecule has 0 aliphatic carbocycles. The van der Waals surface area contributed by atoms with Gasteiger partial charge in [-0.25, -0.2) is 10.1 Å². The molecule has 0 amide bonds. The van der Waals surface area contributed by atoms with Crippen LogP contribution in [0.1, 0.15) is 84.0 Å². The van der Waals surface area contributed by atoms with Gasteiger partial charge >= 0.3 is 7.60 Å². The number of rotatable bonds is 18. The molecule has 0 bridgehead atoms. The van der Waals surface area contributed by atoms with E-state index in [1.165, 1.54) is 52.7 Å². The maximum Gasteiger partial charge on any atom is 0.333 e. The zero-order valence-electron chi connectivity index (χ0n) is 15.7. The molecule has 24 heavy (non-hydrogen) atoms. The van der Waals surface area contributed by atoms with Crippen LogP contribution in [0.4, 0.5) is 0 Å². The Bertz CT molecular complexity index is 305. The van der Waals surface area contributed by atoms with E-state index in [0.29, 0.717) is 6.61 Å². The molecule has 0 aliphatic rings. The Balaban J connectivity index is 4.09. The lowest BCUT2D eigenvalue weighted by Crippen LogP contribution is -2.12. The average molecular weight is 368 g/mol. The SMILES string of the molecule is CCCCCCCCCC(CCCCCOOO)P(=O)(OC)OC. The van der Waals surface area contributed by atoms with Crippen LogP contribution in [0, 0.1) is 0 Å². The van der Waals surface area contributed by atoms with Crippen molar-refractivity contribution in [1.29, 1.82) is 0 Å². The van der Waals surface area contributed by atoms with Gasteiger partial charge in [-0.05, 0) is 19.3 Å². The Morgan fingerprint density at radius 2 is 1.33 bits per heavy atom. The van der Waals surface area contributed by atoms with Crippen LogP contribution in [0.25, 0.3) is 0 Å². The Morgan fingerprint density at radius 3 is 1.83 bits per heavy atom. The van der Waals surface area contributed by atoms with Gasteiger partial charge in [0.25, 0.3) is 0 Å². The van der Waals surface area contributed by atoms with E-state index >= 15 is 0 Å².